The lowest BCUT2D eigenvalue weighted by Crippen LogP contribution is -2.13. The van der Waals surface area contributed by atoms with Crippen LogP contribution >= 0.6 is 23.2 Å². The zero-order valence-corrected chi connectivity index (χ0v) is 12.5. The van der Waals surface area contributed by atoms with Crippen LogP contribution in [0.2, 0.25) is 10.0 Å². The lowest BCUT2D eigenvalue weighted by Gasteiger charge is -2.06. The molecule has 0 atom stereocenters. The van der Waals surface area contributed by atoms with E-state index in [1.807, 2.05) is 0 Å². The summed E-state index contributed by atoms with van der Waals surface area (Å²) in [5.41, 5.74) is 0.332. The molecular weight excluding hydrogens is 327 g/mol. The van der Waals surface area contributed by atoms with Crippen LogP contribution in [0.1, 0.15) is 10.4 Å². The summed E-state index contributed by atoms with van der Waals surface area (Å²) >= 11 is 11.8. The monoisotopic (exact) mass is 334 g/mol. The maximum absolute atomic E-state index is 12.2. The number of aromatic nitrogens is 5. The maximum atomic E-state index is 12.2. The molecule has 3 rings (SSSR count). The quantitative estimate of drug-likeness (QED) is 0.795. The fraction of sp³-hybridized carbons (Fsp3) is 0. The van der Waals surface area contributed by atoms with Crippen molar-refractivity contribution in [2.24, 2.45) is 0 Å². The van der Waals surface area contributed by atoms with Crippen LogP contribution in [0, 0.1) is 0 Å². The number of carbonyl (C=O) groups is 1. The summed E-state index contributed by atoms with van der Waals surface area (Å²) in [6, 6.07) is 6.15. The van der Waals surface area contributed by atoms with Gasteiger partial charge < -0.3 is 5.32 Å². The van der Waals surface area contributed by atoms with Crippen molar-refractivity contribution in [1.82, 2.24) is 24.7 Å². The van der Waals surface area contributed by atoms with Crippen LogP contribution < -0.4 is 5.32 Å². The van der Waals surface area contributed by atoms with Gasteiger partial charge in [-0.3, -0.25) is 4.79 Å². The fourth-order valence-electron chi connectivity index (χ4n) is 1.74. The molecule has 110 valence electrons. The zero-order valence-electron chi connectivity index (χ0n) is 10.9. The number of halogens is 2. The van der Waals surface area contributed by atoms with Crippen LogP contribution in [-0.2, 0) is 0 Å². The molecule has 3 aromatic rings. The molecule has 0 saturated heterocycles. The second kappa shape index (κ2) is 6.08. The summed E-state index contributed by atoms with van der Waals surface area (Å²) in [6.45, 7) is 0. The van der Waals surface area contributed by atoms with Crippen molar-refractivity contribution >= 4 is 34.9 Å². The van der Waals surface area contributed by atoms with E-state index in [9.17, 15) is 4.79 Å². The molecule has 7 nitrogen and oxygen atoms in total. The van der Waals surface area contributed by atoms with Crippen molar-refractivity contribution in [3.8, 4) is 5.82 Å². The van der Waals surface area contributed by atoms with Gasteiger partial charge in [0.25, 0.3) is 5.91 Å². The van der Waals surface area contributed by atoms with E-state index in [0.29, 0.717) is 27.2 Å². The highest BCUT2D eigenvalue weighted by Gasteiger charge is 2.10. The molecular formula is C13H8Cl2N6O. The highest BCUT2D eigenvalue weighted by atomic mass is 35.5. The molecule has 0 spiro atoms. The SMILES string of the molecule is O=C(Nc1cc(-n2cncn2)ncn1)c1cc(Cl)cc(Cl)c1. The Kier molecular flexibility index (Phi) is 3.99. The first-order valence-corrected chi connectivity index (χ1v) is 6.82. The minimum absolute atomic E-state index is 0.321. The lowest BCUT2D eigenvalue weighted by molar-refractivity contribution is 0.102. The number of anilines is 1. The molecule has 2 aromatic heterocycles. The van der Waals surface area contributed by atoms with Crippen LogP contribution in [0.4, 0.5) is 5.82 Å². The Labute approximate surface area is 134 Å². The number of rotatable bonds is 3. The van der Waals surface area contributed by atoms with Crippen molar-refractivity contribution in [2.75, 3.05) is 5.32 Å². The topological polar surface area (TPSA) is 85.6 Å². The van der Waals surface area contributed by atoms with Gasteiger partial charge in [-0.2, -0.15) is 5.10 Å². The van der Waals surface area contributed by atoms with Gasteiger partial charge in [0, 0.05) is 21.7 Å². The summed E-state index contributed by atoms with van der Waals surface area (Å²) in [7, 11) is 0. The molecule has 1 amide bonds. The summed E-state index contributed by atoms with van der Waals surface area (Å²) in [6.07, 6.45) is 4.19. The van der Waals surface area contributed by atoms with E-state index in [4.69, 9.17) is 23.2 Å². The molecule has 0 aliphatic carbocycles. The second-order valence-corrected chi connectivity index (χ2v) is 5.09. The van der Waals surface area contributed by atoms with Gasteiger partial charge in [-0.25, -0.2) is 19.6 Å². The largest absolute Gasteiger partial charge is 0.306 e. The zero-order chi connectivity index (χ0) is 15.5. The predicted octanol–water partition coefficient (Wildman–Crippen LogP) is 2.62. The van der Waals surface area contributed by atoms with Crippen LogP contribution in [-0.4, -0.2) is 30.6 Å². The van der Waals surface area contributed by atoms with Gasteiger partial charge in [-0.05, 0) is 18.2 Å². The Morgan fingerprint density at radius 1 is 1.05 bits per heavy atom. The third-order valence-electron chi connectivity index (χ3n) is 2.67. The number of hydrogen-bond donors (Lipinski definition) is 1. The predicted molar refractivity (Wildman–Crippen MR) is 81.4 cm³/mol. The summed E-state index contributed by atoms with van der Waals surface area (Å²) in [5, 5.41) is 7.36. The molecule has 0 fully saturated rings. The number of nitrogens with zero attached hydrogens (tertiary/aromatic N) is 5. The third kappa shape index (κ3) is 3.21. The average Bonchev–Trinajstić information content (AvgIpc) is 3.00. The Morgan fingerprint density at radius 3 is 2.50 bits per heavy atom. The number of hydrogen-bond acceptors (Lipinski definition) is 5. The summed E-state index contributed by atoms with van der Waals surface area (Å²) in [5.74, 6) is 0.418. The van der Waals surface area contributed by atoms with E-state index in [2.05, 4.69) is 25.4 Å². The minimum atomic E-state index is -0.382. The first-order valence-electron chi connectivity index (χ1n) is 6.06. The normalized spacial score (nSPS) is 10.5. The first kappa shape index (κ1) is 14.4. The average molecular weight is 335 g/mol. The minimum Gasteiger partial charge on any atom is -0.306 e. The van der Waals surface area contributed by atoms with Gasteiger partial charge in [0.15, 0.2) is 5.82 Å². The van der Waals surface area contributed by atoms with Gasteiger partial charge in [-0.15, -0.1) is 0 Å². The van der Waals surface area contributed by atoms with Gasteiger partial charge in [-0.1, -0.05) is 23.2 Å². The number of carbonyl (C=O) groups excluding carboxylic acids is 1. The number of amides is 1. The van der Waals surface area contributed by atoms with E-state index in [-0.39, 0.29) is 5.91 Å². The molecule has 9 heteroatoms. The van der Waals surface area contributed by atoms with Crippen molar-refractivity contribution < 1.29 is 4.79 Å². The van der Waals surface area contributed by atoms with E-state index >= 15 is 0 Å². The second-order valence-electron chi connectivity index (χ2n) is 4.21. The van der Waals surface area contributed by atoms with Crippen LogP contribution in [0.25, 0.3) is 5.82 Å². The van der Waals surface area contributed by atoms with Gasteiger partial charge in [0.2, 0.25) is 0 Å². The van der Waals surface area contributed by atoms with Crippen LogP contribution in [0.15, 0.2) is 43.2 Å². The standard InChI is InChI=1S/C13H8Cl2N6O/c14-9-1-8(2-10(15)3-9)13(22)20-11-4-12(18-6-17-11)21-7-16-5-19-21/h1-7H,(H,17,18,20,22). The van der Waals surface area contributed by atoms with Crippen LogP contribution in [0.5, 0.6) is 0 Å². The fourth-order valence-corrected chi connectivity index (χ4v) is 2.27. The molecule has 0 radical (unpaired) electrons. The van der Waals surface area contributed by atoms with E-state index in [1.54, 1.807) is 12.1 Å². The van der Waals surface area contributed by atoms with Crippen LogP contribution in [0.3, 0.4) is 0 Å². The van der Waals surface area contributed by atoms with Crippen molar-refractivity contribution in [3.05, 3.63) is 58.9 Å². The molecule has 2 heterocycles. The third-order valence-corrected chi connectivity index (χ3v) is 3.11. The Hall–Kier alpha value is -2.51. The van der Waals surface area contributed by atoms with Crippen molar-refractivity contribution in [1.29, 1.82) is 0 Å². The summed E-state index contributed by atoms with van der Waals surface area (Å²) in [4.78, 5) is 24.1. The lowest BCUT2D eigenvalue weighted by atomic mass is 10.2. The van der Waals surface area contributed by atoms with Gasteiger partial charge in [0.1, 0.15) is 24.8 Å². The van der Waals surface area contributed by atoms with Crippen molar-refractivity contribution in [3.63, 3.8) is 0 Å². The van der Waals surface area contributed by atoms with E-state index in [0.717, 1.165) is 0 Å². The molecule has 0 saturated carbocycles. The van der Waals surface area contributed by atoms with Gasteiger partial charge in [0.05, 0.1) is 0 Å². The highest BCUT2D eigenvalue weighted by molar-refractivity contribution is 6.35. The molecule has 22 heavy (non-hydrogen) atoms. The smallest absolute Gasteiger partial charge is 0.256 e. The molecule has 0 unspecified atom stereocenters. The highest BCUT2D eigenvalue weighted by Crippen LogP contribution is 2.20. The molecule has 1 aromatic carbocycles. The van der Waals surface area contributed by atoms with E-state index in [1.165, 1.54) is 35.8 Å². The van der Waals surface area contributed by atoms with E-state index < -0.39 is 0 Å². The summed E-state index contributed by atoms with van der Waals surface area (Å²) < 4.78 is 1.45. The molecule has 0 aliphatic heterocycles. The Balaban J connectivity index is 1.84. The first-order chi connectivity index (χ1) is 10.6. The molecule has 1 N–H and O–H groups in total. The Morgan fingerprint density at radius 2 is 1.82 bits per heavy atom. The van der Waals surface area contributed by atoms with Gasteiger partial charge >= 0.3 is 0 Å². The number of benzene rings is 1. The molecule has 0 bridgehead atoms. The number of nitrogens with one attached hydrogen (secondary N) is 1. The molecule has 0 aliphatic rings. The maximum Gasteiger partial charge on any atom is 0.256 e. The van der Waals surface area contributed by atoms with Crippen molar-refractivity contribution in [2.45, 2.75) is 0 Å². The Bertz CT molecular complexity index is 801.